The fourth-order valence-corrected chi connectivity index (χ4v) is 3.72. The summed E-state index contributed by atoms with van der Waals surface area (Å²) in [6, 6.07) is 19.9. The molecule has 0 fully saturated rings. The Morgan fingerprint density at radius 1 is 0.968 bits per heavy atom. The Balaban J connectivity index is 1.37. The van der Waals surface area contributed by atoms with Crippen molar-refractivity contribution in [3.63, 3.8) is 0 Å². The summed E-state index contributed by atoms with van der Waals surface area (Å²) in [5, 5.41) is 3.10. The van der Waals surface area contributed by atoms with Crippen LogP contribution in [0, 0.1) is 5.82 Å². The van der Waals surface area contributed by atoms with Gasteiger partial charge in [0.25, 0.3) is 5.91 Å². The minimum atomic E-state index is -0.593. The summed E-state index contributed by atoms with van der Waals surface area (Å²) < 4.78 is 25.5. The molecule has 3 aromatic carbocycles. The number of esters is 1. The van der Waals surface area contributed by atoms with Crippen molar-refractivity contribution in [3.8, 4) is 5.75 Å². The highest BCUT2D eigenvalue weighted by Gasteiger charge is 2.16. The highest BCUT2D eigenvalue weighted by molar-refractivity contribution is 7.18. The molecule has 0 saturated heterocycles. The number of fused-ring (bicyclic) bond motifs is 1. The average Bonchev–Trinajstić information content (AvgIpc) is 3.21. The van der Waals surface area contributed by atoms with Crippen LogP contribution in [0.25, 0.3) is 10.2 Å². The molecule has 6 nitrogen and oxygen atoms in total. The number of para-hydroxylation sites is 3. The van der Waals surface area contributed by atoms with Gasteiger partial charge in [0, 0.05) is 0 Å². The lowest BCUT2D eigenvalue weighted by Crippen LogP contribution is -2.21. The summed E-state index contributed by atoms with van der Waals surface area (Å²) in [6.45, 7) is -0.364. The molecule has 0 bridgehead atoms. The molecular weight excluding hydrogens is 419 g/mol. The van der Waals surface area contributed by atoms with E-state index in [0.29, 0.717) is 5.01 Å². The smallest absolute Gasteiger partial charge is 0.342 e. The maximum absolute atomic E-state index is 13.7. The summed E-state index contributed by atoms with van der Waals surface area (Å²) in [6.07, 6.45) is 0. The van der Waals surface area contributed by atoms with Crippen LogP contribution in [0.5, 0.6) is 5.75 Å². The molecule has 0 spiro atoms. The number of nitrogens with zero attached hydrogens (tertiary/aromatic N) is 1. The van der Waals surface area contributed by atoms with Crippen LogP contribution in [0.4, 0.5) is 10.1 Å². The Morgan fingerprint density at radius 2 is 1.71 bits per heavy atom. The average molecular weight is 436 g/mol. The monoisotopic (exact) mass is 436 g/mol. The number of ether oxygens (including phenoxy) is 2. The third-order valence-electron chi connectivity index (χ3n) is 4.28. The first-order valence-corrected chi connectivity index (χ1v) is 10.2. The third kappa shape index (κ3) is 5.04. The molecule has 1 N–H and O–H groups in total. The van der Waals surface area contributed by atoms with Gasteiger partial charge in [0.05, 0.1) is 15.9 Å². The summed E-state index contributed by atoms with van der Waals surface area (Å²) in [5.41, 5.74) is 1.09. The van der Waals surface area contributed by atoms with E-state index in [1.165, 1.54) is 29.5 Å². The molecule has 8 heteroatoms. The number of nitrogens with one attached hydrogen (secondary N) is 1. The van der Waals surface area contributed by atoms with Gasteiger partial charge in [-0.15, -0.1) is 11.3 Å². The topological polar surface area (TPSA) is 77.5 Å². The standard InChI is InChI=1S/C23H17FN2O4S/c24-16-8-2-3-9-17(16)25-21(27)13-29-19-11-5-1-7-15(19)23(28)30-14-22-26-18-10-4-6-12-20(18)31-22/h1-12H,13-14H2,(H,25,27). The quantitative estimate of drug-likeness (QED) is 0.421. The number of anilines is 1. The number of benzene rings is 3. The van der Waals surface area contributed by atoms with Crippen LogP contribution < -0.4 is 10.1 Å². The van der Waals surface area contributed by atoms with Crippen LogP contribution in [0.2, 0.25) is 0 Å². The number of amides is 1. The van der Waals surface area contributed by atoms with Crippen LogP contribution in [-0.2, 0) is 16.1 Å². The molecule has 0 aliphatic rings. The molecule has 1 aromatic heterocycles. The molecule has 0 aliphatic heterocycles. The number of halogens is 1. The minimum absolute atomic E-state index is 0.0281. The molecule has 0 saturated carbocycles. The predicted molar refractivity (Wildman–Crippen MR) is 116 cm³/mol. The zero-order chi connectivity index (χ0) is 21.6. The Labute approximate surface area is 181 Å². The van der Waals surface area contributed by atoms with Gasteiger partial charge < -0.3 is 14.8 Å². The van der Waals surface area contributed by atoms with Gasteiger partial charge in [-0.2, -0.15) is 0 Å². The van der Waals surface area contributed by atoms with E-state index in [-0.39, 0.29) is 23.6 Å². The third-order valence-corrected chi connectivity index (χ3v) is 5.29. The molecule has 1 heterocycles. The molecule has 0 atom stereocenters. The van der Waals surface area contributed by atoms with Gasteiger partial charge in [0.1, 0.15) is 28.7 Å². The van der Waals surface area contributed by atoms with Crippen molar-refractivity contribution >= 4 is 39.1 Å². The fraction of sp³-hybridized carbons (Fsp3) is 0.0870. The number of rotatable bonds is 7. The van der Waals surface area contributed by atoms with Crippen molar-refractivity contribution in [2.24, 2.45) is 0 Å². The van der Waals surface area contributed by atoms with E-state index in [9.17, 15) is 14.0 Å². The van der Waals surface area contributed by atoms with Gasteiger partial charge in [-0.3, -0.25) is 4.79 Å². The second-order valence-corrected chi connectivity index (χ2v) is 7.58. The Morgan fingerprint density at radius 3 is 2.55 bits per heavy atom. The van der Waals surface area contributed by atoms with Crippen LogP contribution in [0.1, 0.15) is 15.4 Å². The van der Waals surface area contributed by atoms with Crippen molar-refractivity contribution in [2.75, 3.05) is 11.9 Å². The van der Waals surface area contributed by atoms with Gasteiger partial charge >= 0.3 is 5.97 Å². The van der Waals surface area contributed by atoms with E-state index < -0.39 is 24.3 Å². The van der Waals surface area contributed by atoms with E-state index >= 15 is 0 Å². The number of hydrogen-bond acceptors (Lipinski definition) is 6. The van der Waals surface area contributed by atoms with Gasteiger partial charge in [-0.05, 0) is 36.4 Å². The highest BCUT2D eigenvalue weighted by Crippen LogP contribution is 2.24. The zero-order valence-corrected chi connectivity index (χ0v) is 17.0. The van der Waals surface area contributed by atoms with E-state index in [2.05, 4.69) is 10.3 Å². The molecule has 4 aromatic rings. The van der Waals surface area contributed by atoms with Gasteiger partial charge in [-0.1, -0.05) is 36.4 Å². The molecule has 31 heavy (non-hydrogen) atoms. The summed E-state index contributed by atoms with van der Waals surface area (Å²) >= 11 is 1.45. The van der Waals surface area contributed by atoms with Crippen molar-refractivity contribution in [1.29, 1.82) is 0 Å². The minimum Gasteiger partial charge on any atom is -0.483 e. The Bertz CT molecular complexity index is 1210. The van der Waals surface area contributed by atoms with Gasteiger partial charge in [0.15, 0.2) is 6.61 Å². The predicted octanol–water partition coefficient (Wildman–Crippen LogP) is 4.81. The van der Waals surface area contributed by atoms with Crippen LogP contribution in [0.15, 0.2) is 72.8 Å². The number of hydrogen-bond donors (Lipinski definition) is 1. The second kappa shape index (κ2) is 9.36. The molecule has 0 unspecified atom stereocenters. The largest absolute Gasteiger partial charge is 0.483 e. The first kappa shape index (κ1) is 20.5. The number of aromatic nitrogens is 1. The molecule has 0 radical (unpaired) electrons. The van der Waals surface area contributed by atoms with Crippen LogP contribution in [0.3, 0.4) is 0 Å². The number of thiazole rings is 1. The first-order chi connectivity index (χ1) is 15.1. The van der Waals surface area contributed by atoms with E-state index in [1.54, 1.807) is 30.3 Å². The van der Waals surface area contributed by atoms with Crippen molar-refractivity contribution in [3.05, 3.63) is 89.2 Å². The SMILES string of the molecule is O=C(COc1ccccc1C(=O)OCc1nc2ccccc2s1)Nc1ccccc1F. The van der Waals surface area contributed by atoms with Crippen molar-refractivity contribution in [2.45, 2.75) is 6.61 Å². The second-order valence-electron chi connectivity index (χ2n) is 6.46. The zero-order valence-electron chi connectivity index (χ0n) is 16.2. The number of carbonyl (C=O) groups is 2. The Kier molecular flexibility index (Phi) is 6.18. The van der Waals surface area contributed by atoms with E-state index in [4.69, 9.17) is 9.47 Å². The maximum atomic E-state index is 13.7. The molecule has 4 rings (SSSR count). The van der Waals surface area contributed by atoms with Crippen molar-refractivity contribution in [1.82, 2.24) is 4.98 Å². The normalized spacial score (nSPS) is 10.6. The van der Waals surface area contributed by atoms with Crippen LogP contribution in [-0.4, -0.2) is 23.5 Å². The van der Waals surface area contributed by atoms with E-state index in [1.807, 2.05) is 24.3 Å². The highest BCUT2D eigenvalue weighted by atomic mass is 32.1. The lowest BCUT2D eigenvalue weighted by molar-refractivity contribution is -0.118. The molecule has 156 valence electrons. The van der Waals surface area contributed by atoms with Gasteiger partial charge in [-0.25, -0.2) is 14.2 Å². The summed E-state index contributed by atoms with van der Waals surface area (Å²) in [4.78, 5) is 29.1. The van der Waals surface area contributed by atoms with Gasteiger partial charge in [0.2, 0.25) is 0 Å². The maximum Gasteiger partial charge on any atom is 0.342 e. The molecular formula is C23H17FN2O4S. The van der Waals surface area contributed by atoms with Crippen molar-refractivity contribution < 1.29 is 23.5 Å². The molecule has 1 amide bonds. The number of carbonyl (C=O) groups excluding carboxylic acids is 2. The lowest BCUT2D eigenvalue weighted by Gasteiger charge is -2.11. The molecule has 0 aliphatic carbocycles. The first-order valence-electron chi connectivity index (χ1n) is 9.38. The Hall–Kier alpha value is -3.78. The van der Waals surface area contributed by atoms with Crippen LogP contribution >= 0.6 is 11.3 Å². The summed E-state index contributed by atoms with van der Waals surface area (Å²) in [5.74, 6) is -1.50. The summed E-state index contributed by atoms with van der Waals surface area (Å²) in [7, 11) is 0. The fourth-order valence-electron chi connectivity index (χ4n) is 2.84. The van der Waals surface area contributed by atoms with E-state index in [0.717, 1.165) is 10.2 Å². The lowest BCUT2D eigenvalue weighted by atomic mass is 10.2.